The predicted molar refractivity (Wildman–Crippen MR) is 101 cm³/mol. The van der Waals surface area contributed by atoms with Gasteiger partial charge in [0, 0.05) is 36.5 Å². The lowest BCUT2D eigenvalue weighted by molar-refractivity contribution is 0.173. The molecule has 1 aliphatic rings. The first-order valence-corrected chi connectivity index (χ1v) is 8.25. The molecule has 0 unspecified atom stereocenters. The van der Waals surface area contributed by atoms with Gasteiger partial charge in [-0.05, 0) is 24.3 Å². The van der Waals surface area contributed by atoms with Gasteiger partial charge in [-0.2, -0.15) is 0 Å². The molecule has 0 bridgehead atoms. The zero-order chi connectivity index (χ0) is 17.8. The van der Waals surface area contributed by atoms with E-state index in [-0.39, 0.29) is 25.0 Å². The summed E-state index contributed by atoms with van der Waals surface area (Å²) in [6.07, 6.45) is 1.65. The highest BCUT2D eigenvalue weighted by atomic mass is 35.5. The van der Waals surface area contributed by atoms with Crippen LogP contribution in [0.1, 0.15) is 11.1 Å². The van der Waals surface area contributed by atoms with Gasteiger partial charge < -0.3 is 19.5 Å². The molecule has 0 aliphatic carbocycles. The lowest BCUT2D eigenvalue weighted by Gasteiger charge is -2.11. The minimum absolute atomic E-state index is 0. The number of nitrogens with one attached hydrogen (secondary N) is 1. The molecule has 1 aliphatic heterocycles. The summed E-state index contributed by atoms with van der Waals surface area (Å²) in [7, 11) is 0. The SMILES string of the molecule is Cl.Fc1cccc(Oc2ncccc2CNCc2cccc3c2OCO3)c1. The van der Waals surface area contributed by atoms with Gasteiger partial charge in [-0.25, -0.2) is 9.37 Å². The van der Waals surface area contributed by atoms with Crippen LogP contribution in [0.15, 0.2) is 60.8 Å². The van der Waals surface area contributed by atoms with E-state index in [1.165, 1.54) is 12.1 Å². The average Bonchev–Trinajstić information content (AvgIpc) is 3.13. The minimum Gasteiger partial charge on any atom is -0.454 e. The Hall–Kier alpha value is -2.83. The largest absolute Gasteiger partial charge is 0.454 e. The number of rotatable bonds is 6. The highest BCUT2D eigenvalue weighted by molar-refractivity contribution is 5.85. The predicted octanol–water partition coefficient (Wildman–Crippen LogP) is 4.45. The Labute approximate surface area is 162 Å². The molecule has 0 saturated carbocycles. The number of fused-ring (bicyclic) bond motifs is 1. The van der Waals surface area contributed by atoms with Crippen LogP contribution < -0.4 is 19.5 Å². The van der Waals surface area contributed by atoms with Crippen molar-refractivity contribution in [2.75, 3.05) is 6.79 Å². The molecule has 140 valence electrons. The van der Waals surface area contributed by atoms with Gasteiger partial charge in [-0.1, -0.05) is 24.3 Å². The van der Waals surface area contributed by atoms with E-state index in [1.54, 1.807) is 18.3 Å². The zero-order valence-corrected chi connectivity index (χ0v) is 15.2. The first kappa shape index (κ1) is 18.9. The quantitative estimate of drug-likeness (QED) is 0.676. The fourth-order valence-electron chi connectivity index (χ4n) is 2.75. The number of hydrogen-bond acceptors (Lipinski definition) is 5. The highest BCUT2D eigenvalue weighted by Gasteiger charge is 2.16. The van der Waals surface area contributed by atoms with Crippen molar-refractivity contribution < 1.29 is 18.6 Å². The fourth-order valence-corrected chi connectivity index (χ4v) is 2.75. The molecule has 3 aromatic rings. The molecule has 0 fully saturated rings. The van der Waals surface area contributed by atoms with Gasteiger partial charge in [0.15, 0.2) is 11.5 Å². The van der Waals surface area contributed by atoms with Gasteiger partial charge in [0.05, 0.1) is 0 Å². The number of pyridine rings is 1. The monoisotopic (exact) mass is 388 g/mol. The van der Waals surface area contributed by atoms with Gasteiger partial charge in [0.1, 0.15) is 11.6 Å². The van der Waals surface area contributed by atoms with Gasteiger partial charge in [0.25, 0.3) is 0 Å². The Kier molecular flexibility index (Phi) is 6.11. The van der Waals surface area contributed by atoms with E-state index in [1.807, 2.05) is 30.3 Å². The smallest absolute Gasteiger partial charge is 0.231 e. The molecule has 0 spiro atoms. The highest BCUT2D eigenvalue weighted by Crippen LogP contribution is 2.35. The molecule has 5 nitrogen and oxygen atoms in total. The maximum atomic E-state index is 13.3. The maximum absolute atomic E-state index is 13.3. The van der Waals surface area contributed by atoms with E-state index in [0.29, 0.717) is 24.7 Å². The number of hydrogen-bond donors (Lipinski definition) is 1. The number of benzene rings is 2. The normalized spacial score (nSPS) is 11.7. The molecule has 2 heterocycles. The van der Waals surface area contributed by atoms with Crippen molar-refractivity contribution in [3.63, 3.8) is 0 Å². The standard InChI is InChI=1S/C20H17FN2O3.ClH/c21-16-6-2-7-17(10-16)26-20-15(5-3-9-23-20)12-22-11-14-4-1-8-18-19(14)25-13-24-18;/h1-10,22H,11-13H2;1H. The summed E-state index contributed by atoms with van der Waals surface area (Å²) in [5.41, 5.74) is 1.90. The molecule has 0 amide bonds. The van der Waals surface area contributed by atoms with Gasteiger partial charge >= 0.3 is 0 Å². The molecule has 2 aromatic carbocycles. The number of nitrogens with zero attached hydrogens (tertiary/aromatic N) is 1. The summed E-state index contributed by atoms with van der Waals surface area (Å²) >= 11 is 0. The Morgan fingerprint density at radius 1 is 1.00 bits per heavy atom. The molecule has 0 radical (unpaired) electrons. The van der Waals surface area contributed by atoms with Crippen molar-refractivity contribution in [2.45, 2.75) is 13.1 Å². The van der Waals surface area contributed by atoms with E-state index in [0.717, 1.165) is 22.6 Å². The molecule has 0 atom stereocenters. The lowest BCUT2D eigenvalue weighted by Crippen LogP contribution is -2.14. The summed E-state index contributed by atoms with van der Waals surface area (Å²) in [4.78, 5) is 4.26. The van der Waals surface area contributed by atoms with E-state index >= 15 is 0 Å². The minimum atomic E-state index is -0.349. The third kappa shape index (κ3) is 4.48. The van der Waals surface area contributed by atoms with Crippen LogP contribution in [0.5, 0.6) is 23.1 Å². The van der Waals surface area contributed by atoms with Crippen molar-refractivity contribution in [3.8, 4) is 23.1 Å². The first-order valence-electron chi connectivity index (χ1n) is 8.25. The molecule has 27 heavy (non-hydrogen) atoms. The fraction of sp³-hybridized carbons (Fsp3) is 0.150. The van der Waals surface area contributed by atoms with Crippen molar-refractivity contribution in [2.24, 2.45) is 0 Å². The number of halogens is 2. The second kappa shape index (κ2) is 8.70. The number of ether oxygens (including phenoxy) is 3. The van der Waals surface area contributed by atoms with Crippen LogP contribution in [0.4, 0.5) is 4.39 Å². The van der Waals surface area contributed by atoms with Gasteiger partial charge in [-0.15, -0.1) is 12.4 Å². The molecule has 7 heteroatoms. The number of aromatic nitrogens is 1. The maximum Gasteiger partial charge on any atom is 0.231 e. The van der Waals surface area contributed by atoms with Crippen LogP contribution in [0, 0.1) is 5.82 Å². The summed E-state index contributed by atoms with van der Waals surface area (Å²) in [5, 5.41) is 3.36. The Morgan fingerprint density at radius 3 is 2.70 bits per heavy atom. The molecule has 4 rings (SSSR count). The van der Waals surface area contributed by atoms with Crippen LogP contribution in [0.3, 0.4) is 0 Å². The van der Waals surface area contributed by atoms with Gasteiger partial charge in [0.2, 0.25) is 12.7 Å². The Bertz CT molecular complexity index is 923. The Morgan fingerprint density at radius 2 is 1.81 bits per heavy atom. The first-order chi connectivity index (χ1) is 12.8. The molecule has 0 saturated heterocycles. The van der Waals surface area contributed by atoms with Crippen molar-refractivity contribution in [3.05, 3.63) is 77.7 Å². The summed E-state index contributed by atoms with van der Waals surface area (Å²) in [6.45, 7) is 1.41. The van der Waals surface area contributed by atoms with Gasteiger partial charge in [-0.3, -0.25) is 0 Å². The average molecular weight is 389 g/mol. The summed E-state index contributed by atoms with van der Waals surface area (Å²) in [6, 6.07) is 15.6. The third-order valence-electron chi connectivity index (χ3n) is 3.97. The van der Waals surface area contributed by atoms with E-state index in [9.17, 15) is 4.39 Å². The van der Waals surface area contributed by atoms with E-state index in [2.05, 4.69) is 10.3 Å². The van der Waals surface area contributed by atoms with Crippen LogP contribution in [-0.2, 0) is 13.1 Å². The van der Waals surface area contributed by atoms with Crippen LogP contribution in [0.2, 0.25) is 0 Å². The van der Waals surface area contributed by atoms with Crippen LogP contribution in [0.25, 0.3) is 0 Å². The Balaban J connectivity index is 0.00000210. The van der Waals surface area contributed by atoms with Crippen molar-refractivity contribution in [1.82, 2.24) is 10.3 Å². The summed E-state index contributed by atoms with van der Waals surface area (Å²) < 4.78 is 30.0. The zero-order valence-electron chi connectivity index (χ0n) is 14.4. The molecular formula is C20H18ClFN2O3. The lowest BCUT2D eigenvalue weighted by atomic mass is 10.2. The topological polar surface area (TPSA) is 52.6 Å². The van der Waals surface area contributed by atoms with Crippen molar-refractivity contribution in [1.29, 1.82) is 0 Å². The molecular weight excluding hydrogens is 371 g/mol. The summed E-state index contributed by atoms with van der Waals surface area (Å²) in [5.74, 6) is 2.06. The second-order valence-electron chi connectivity index (χ2n) is 5.78. The second-order valence-corrected chi connectivity index (χ2v) is 5.78. The van der Waals surface area contributed by atoms with E-state index in [4.69, 9.17) is 14.2 Å². The van der Waals surface area contributed by atoms with Crippen LogP contribution in [-0.4, -0.2) is 11.8 Å². The molecule has 1 aromatic heterocycles. The third-order valence-corrected chi connectivity index (χ3v) is 3.97. The van der Waals surface area contributed by atoms with Crippen molar-refractivity contribution >= 4 is 12.4 Å². The number of para-hydroxylation sites is 1. The molecule has 1 N–H and O–H groups in total. The van der Waals surface area contributed by atoms with Crippen LogP contribution >= 0.6 is 12.4 Å². The van der Waals surface area contributed by atoms with E-state index < -0.39 is 0 Å².